The highest BCUT2D eigenvalue weighted by Crippen LogP contribution is 2.29. The van der Waals surface area contributed by atoms with E-state index in [1.54, 1.807) is 0 Å². The van der Waals surface area contributed by atoms with Crippen LogP contribution in [0.4, 0.5) is 5.82 Å². The van der Waals surface area contributed by atoms with Gasteiger partial charge in [0.1, 0.15) is 17.7 Å². The third-order valence-corrected chi connectivity index (χ3v) is 3.52. The van der Waals surface area contributed by atoms with E-state index < -0.39 is 5.97 Å². The Morgan fingerprint density at radius 2 is 2.16 bits per heavy atom. The highest BCUT2D eigenvalue weighted by Gasteiger charge is 2.27. The van der Waals surface area contributed by atoms with Crippen molar-refractivity contribution in [1.82, 2.24) is 9.97 Å². The Balaban J connectivity index is 2.34. The van der Waals surface area contributed by atoms with Crippen LogP contribution in [0.3, 0.4) is 0 Å². The maximum Gasteiger partial charge on any atom is 0.341 e. The summed E-state index contributed by atoms with van der Waals surface area (Å²) in [5.74, 6) is 0.0858. The quantitative estimate of drug-likeness (QED) is 0.884. The fraction of sp³-hybridized carbons (Fsp3) is 0.643. The number of carboxylic acid groups (broad SMARTS) is 1. The van der Waals surface area contributed by atoms with Crippen LogP contribution in [0, 0.1) is 5.92 Å². The van der Waals surface area contributed by atoms with Crippen molar-refractivity contribution in [3.8, 4) is 0 Å². The molecule has 2 rings (SSSR count). The van der Waals surface area contributed by atoms with Gasteiger partial charge in [-0.3, -0.25) is 0 Å². The predicted octanol–water partition coefficient (Wildman–Crippen LogP) is 2.58. The van der Waals surface area contributed by atoms with Gasteiger partial charge in [-0.05, 0) is 18.8 Å². The monoisotopic (exact) mass is 263 g/mol. The summed E-state index contributed by atoms with van der Waals surface area (Å²) in [7, 11) is 0. The van der Waals surface area contributed by atoms with E-state index in [4.69, 9.17) is 0 Å². The smallest absolute Gasteiger partial charge is 0.341 e. The minimum absolute atomic E-state index is 0.204. The summed E-state index contributed by atoms with van der Waals surface area (Å²) >= 11 is 0. The Bertz CT molecular complexity index is 442. The molecule has 0 atom stereocenters. The zero-order chi connectivity index (χ0) is 13.8. The summed E-state index contributed by atoms with van der Waals surface area (Å²) < 4.78 is 0. The van der Waals surface area contributed by atoms with E-state index in [9.17, 15) is 9.90 Å². The molecule has 1 N–H and O–H groups in total. The third-order valence-electron chi connectivity index (χ3n) is 3.52. The molecule has 0 radical (unpaired) electrons. The summed E-state index contributed by atoms with van der Waals surface area (Å²) in [5, 5.41) is 9.28. The second-order valence-corrected chi connectivity index (χ2v) is 5.55. The van der Waals surface area contributed by atoms with Crippen LogP contribution in [-0.4, -0.2) is 33.6 Å². The first-order valence-corrected chi connectivity index (χ1v) is 6.89. The van der Waals surface area contributed by atoms with Gasteiger partial charge in [0.25, 0.3) is 0 Å². The summed E-state index contributed by atoms with van der Waals surface area (Å²) in [4.78, 5) is 21.6. The van der Waals surface area contributed by atoms with Crippen molar-refractivity contribution in [2.75, 3.05) is 11.4 Å². The molecule has 104 valence electrons. The van der Waals surface area contributed by atoms with Crippen molar-refractivity contribution >= 4 is 11.8 Å². The molecule has 1 saturated carbocycles. The van der Waals surface area contributed by atoms with Crippen LogP contribution in [0.5, 0.6) is 0 Å². The van der Waals surface area contributed by atoms with Crippen LogP contribution in [0.25, 0.3) is 0 Å². The number of anilines is 1. The molecule has 19 heavy (non-hydrogen) atoms. The van der Waals surface area contributed by atoms with E-state index in [0.29, 0.717) is 17.8 Å². The van der Waals surface area contributed by atoms with Gasteiger partial charge in [-0.15, -0.1) is 0 Å². The minimum Gasteiger partial charge on any atom is -0.477 e. The Kier molecular flexibility index (Phi) is 4.35. The lowest BCUT2D eigenvalue weighted by atomic mass is 10.1. The van der Waals surface area contributed by atoms with Crippen molar-refractivity contribution < 1.29 is 9.90 Å². The molecule has 1 aromatic heterocycles. The largest absolute Gasteiger partial charge is 0.477 e. The molecule has 0 bridgehead atoms. The van der Waals surface area contributed by atoms with Gasteiger partial charge in [0.2, 0.25) is 0 Å². The number of rotatable bonds is 5. The molecule has 1 aliphatic carbocycles. The van der Waals surface area contributed by atoms with Crippen molar-refractivity contribution in [2.24, 2.45) is 5.92 Å². The van der Waals surface area contributed by atoms with Crippen LogP contribution in [-0.2, 0) is 0 Å². The SMILES string of the molecule is CC(C)CN(c1ncncc1C(=O)O)C1CCCC1. The van der Waals surface area contributed by atoms with Crippen LogP contribution in [0.1, 0.15) is 49.9 Å². The first kappa shape index (κ1) is 13.8. The van der Waals surface area contributed by atoms with Crippen LogP contribution >= 0.6 is 0 Å². The molecular weight excluding hydrogens is 242 g/mol. The van der Waals surface area contributed by atoms with Gasteiger partial charge in [0.15, 0.2) is 0 Å². The Hall–Kier alpha value is -1.65. The molecule has 0 saturated heterocycles. The molecule has 0 aliphatic heterocycles. The number of hydrogen-bond acceptors (Lipinski definition) is 4. The molecular formula is C14H21N3O2. The number of carboxylic acids is 1. The molecule has 0 aromatic carbocycles. The number of hydrogen-bond donors (Lipinski definition) is 1. The van der Waals surface area contributed by atoms with Gasteiger partial charge in [-0.1, -0.05) is 26.7 Å². The fourth-order valence-corrected chi connectivity index (χ4v) is 2.72. The van der Waals surface area contributed by atoms with Crippen LogP contribution < -0.4 is 4.90 Å². The average Bonchev–Trinajstić information content (AvgIpc) is 2.89. The first-order chi connectivity index (χ1) is 9.09. The lowest BCUT2D eigenvalue weighted by Gasteiger charge is -2.32. The Labute approximate surface area is 113 Å². The average molecular weight is 263 g/mol. The molecule has 5 nitrogen and oxygen atoms in total. The molecule has 0 unspecified atom stereocenters. The Morgan fingerprint density at radius 3 is 2.74 bits per heavy atom. The predicted molar refractivity (Wildman–Crippen MR) is 73.4 cm³/mol. The molecule has 1 aromatic rings. The number of aromatic nitrogens is 2. The molecule has 0 spiro atoms. The first-order valence-electron chi connectivity index (χ1n) is 6.89. The van der Waals surface area contributed by atoms with Crippen molar-refractivity contribution in [2.45, 2.75) is 45.6 Å². The number of carbonyl (C=O) groups is 1. The number of aromatic carboxylic acids is 1. The van der Waals surface area contributed by atoms with Crippen LogP contribution in [0.2, 0.25) is 0 Å². The highest BCUT2D eigenvalue weighted by molar-refractivity contribution is 5.92. The van der Waals surface area contributed by atoms with Crippen molar-refractivity contribution in [1.29, 1.82) is 0 Å². The minimum atomic E-state index is -0.956. The molecule has 0 amide bonds. The second kappa shape index (κ2) is 5.99. The highest BCUT2D eigenvalue weighted by atomic mass is 16.4. The molecule has 5 heteroatoms. The van der Waals surface area contributed by atoms with E-state index in [1.165, 1.54) is 25.4 Å². The van der Waals surface area contributed by atoms with Crippen molar-refractivity contribution in [3.05, 3.63) is 18.1 Å². The van der Waals surface area contributed by atoms with E-state index in [0.717, 1.165) is 19.4 Å². The van der Waals surface area contributed by atoms with E-state index in [1.807, 2.05) is 0 Å². The molecule has 1 aliphatic rings. The fourth-order valence-electron chi connectivity index (χ4n) is 2.72. The van der Waals surface area contributed by atoms with Gasteiger partial charge in [-0.25, -0.2) is 14.8 Å². The summed E-state index contributed by atoms with van der Waals surface area (Å²) in [6.07, 6.45) is 7.50. The maximum absolute atomic E-state index is 11.3. The maximum atomic E-state index is 11.3. The van der Waals surface area contributed by atoms with Gasteiger partial charge < -0.3 is 10.0 Å². The second-order valence-electron chi connectivity index (χ2n) is 5.55. The standard InChI is InChI=1S/C14H21N3O2/c1-10(2)8-17(11-5-3-4-6-11)13-12(14(18)19)7-15-9-16-13/h7,9-11H,3-6,8H2,1-2H3,(H,18,19). The zero-order valence-corrected chi connectivity index (χ0v) is 11.5. The van der Waals surface area contributed by atoms with Gasteiger partial charge >= 0.3 is 5.97 Å². The van der Waals surface area contributed by atoms with Crippen LogP contribution in [0.15, 0.2) is 12.5 Å². The lowest BCUT2D eigenvalue weighted by molar-refractivity contribution is 0.0696. The zero-order valence-electron chi connectivity index (χ0n) is 11.5. The van der Waals surface area contributed by atoms with E-state index in [-0.39, 0.29) is 5.56 Å². The summed E-state index contributed by atoms with van der Waals surface area (Å²) in [6, 6.07) is 0.412. The summed E-state index contributed by atoms with van der Waals surface area (Å²) in [5.41, 5.74) is 0.204. The normalized spacial score (nSPS) is 15.9. The summed E-state index contributed by atoms with van der Waals surface area (Å²) in [6.45, 7) is 5.12. The molecule has 1 heterocycles. The van der Waals surface area contributed by atoms with Crippen molar-refractivity contribution in [3.63, 3.8) is 0 Å². The van der Waals surface area contributed by atoms with E-state index >= 15 is 0 Å². The van der Waals surface area contributed by atoms with Gasteiger partial charge in [-0.2, -0.15) is 0 Å². The topological polar surface area (TPSA) is 66.3 Å². The Morgan fingerprint density at radius 1 is 1.47 bits per heavy atom. The van der Waals surface area contributed by atoms with Gasteiger partial charge in [0.05, 0.1) is 0 Å². The van der Waals surface area contributed by atoms with E-state index in [2.05, 4.69) is 28.7 Å². The molecule has 1 fully saturated rings. The van der Waals surface area contributed by atoms with Gasteiger partial charge in [0, 0.05) is 18.8 Å². The third kappa shape index (κ3) is 3.22. The number of nitrogens with zero attached hydrogens (tertiary/aromatic N) is 3. The lowest BCUT2D eigenvalue weighted by Crippen LogP contribution is -2.38.